The number of hydrogen-bond acceptors (Lipinski definition) is 4. The maximum absolute atomic E-state index is 13.2. The zero-order valence-corrected chi connectivity index (χ0v) is 20.5. The van der Waals surface area contributed by atoms with Crippen LogP contribution in [0.2, 0.25) is 5.02 Å². The molecule has 2 atom stereocenters. The van der Waals surface area contributed by atoms with E-state index in [4.69, 9.17) is 11.6 Å². The topological polar surface area (TPSA) is 86.8 Å². The van der Waals surface area contributed by atoms with E-state index in [1.165, 1.54) is 9.80 Å². The molecule has 0 bridgehead atoms. The smallest absolute Gasteiger partial charge is 0.261 e. The van der Waals surface area contributed by atoms with Crippen LogP contribution in [-0.4, -0.2) is 52.1 Å². The molecule has 34 heavy (non-hydrogen) atoms. The highest BCUT2D eigenvalue weighted by atomic mass is 35.5. The third-order valence-corrected chi connectivity index (χ3v) is 6.34. The molecule has 0 saturated carbocycles. The fraction of sp³-hybridized carbons (Fsp3) is 0.385. The first-order valence-electron chi connectivity index (χ1n) is 11.5. The monoisotopic (exact) mass is 483 g/mol. The first kappa shape index (κ1) is 25.4. The van der Waals surface area contributed by atoms with E-state index in [9.17, 15) is 19.2 Å². The van der Waals surface area contributed by atoms with Gasteiger partial charge in [0.15, 0.2) is 0 Å². The van der Waals surface area contributed by atoms with Crippen molar-refractivity contribution >= 4 is 35.2 Å². The van der Waals surface area contributed by atoms with Gasteiger partial charge in [0.1, 0.15) is 6.04 Å². The second-order valence-corrected chi connectivity index (χ2v) is 8.99. The number of nitrogens with one attached hydrogen (secondary N) is 1. The summed E-state index contributed by atoms with van der Waals surface area (Å²) in [6.45, 7) is 5.98. The summed E-state index contributed by atoms with van der Waals surface area (Å²) in [6, 6.07) is 13.1. The van der Waals surface area contributed by atoms with Crippen molar-refractivity contribution in [3.05, 3.63) is 70.2 Å². The number of imide groups is 1. The number of fused-ring (bicyclic) bond motifs is 1. The van der Waals surface area contributed by atoms with Crippen molar-refractivity contribution < 1.29 is 19.2 Å². The van der Waals surface area contributed by atoms with Gasteiger partial charge < -0.3 is 10.2 Å². The van der Waals surface area contributed by atoms with Crippen LogP contribution in [0.25, 0.3) is 0 Å². The maximum Gasteiger partial charge on any atom is 0.261 e. The third kappa shape index (κ3) is 5.83. The lowest BCUT2D eigenvalue weighted by atomic mass is 10.1. The van der Waals surface area contributed by atoms with Crippen LogP contribution in [0.5, 0.6) is 0 Å². The Bertz CT molecular complexity index is 1030. The minimum atomic E-state index is -0.684. The molecule has 0 aromatic heterocycles. The van der Waals surface area contributed by atoms with Crippen LogP contribution in [0, 0.1) is 0 Å². The fourth-order valence-corrected chi connectivity index (χ4v) is 3.93. The number of carbonyl (C=O) groups excluding carboxylic acids is 4. The second kappa shape index (κ2) is 11.3. The lowest BCUT2D eigenvalue weighted by Crippen LogP contribution is -2.49. The summed E-state index contributed by atoms with van der Waals surface area (Å²) in [5, 5.41) is 3.52. The number of carbonyl (C=O) groups is 4. The first-order valence-corrected chi connectivity index (χ1v) is 11.9. The van der Waals surface area contributed by atoms with Crippen molar-refractivity contribution in [2.45, 2.75) is 58.7 Å². The van der Waals surface area contributed by atoms with Crippen molar-refractivity contribution in [1.82, 2.24) is 15.1 Å². The third-order valence-electron chi connectivity index (χ3n) is 6.09. The molecule has 0 fully saturated rings. The van der Waals surface area contributed by atoms with Crippen LogP contribution in [0.15, 0.2) is 48.5 Å². The lowest BCUT2D eigenvalue weighted by Gasteiger charge is -2.30. The van der Waals surface area contributed by atoms with E-state index in [0.717, 1.165) is 12.0 Å². The van der Waals surface area contributed by atoms with Crippen LogP contribution in [0.3, 0.4) is 0 Å². The van der Waals surface area contributed by atoms with E-state index in [1.54, 1.807) is 43.3 Å². The minimum Gasteiger partial charge on any atom is -0.352 e. The first-order chi connectivity index (χ1) is 16.2. The van der Waals surface area contributed by atoms with Crippen LogP contribution >= 0.6 is 11.6 Å². The van der Waals surface area contributed by atoms with Crippen LogP contribution < -0.4 is 5.32 Å². The van der Waals surface area contributed by atoms with E-state index in [-0.39, 0.29) is 49.2 Å². The highest BCUT2D eigenvalue weighted by Gasteiger charge is 2.35. The Morgan fingerprint density at radius 3 is 2.15 bits per heavy atom. The van der Waals surface area contributed by atoms with Crippen molar-refractivity contribution in [3.63, 3.8) is 0 Å². The quantitative estimate of drug-likeness (QED) is 0.516. The summed E-state index contributed by atoms with van der Waals surface area (Å²) in [5.74, 6) is -1.13. The van der Waals surface area contributed by atoms with E-state index < -0.39 is 6.04 Å². The van der Waals surface area contributed by atoms with E-state index in [1.807, 2.05) is 26.0 Å². The van der Waals surface area contributed by atoms with Crippen molar-refractivity contribution in [2.24, 2.45) is 0 Å². The number of hydrogen-bond donors (Lipinski definition) is 1. The van der Waals surface area contributed by atoms with Gasteiger partial charge in [-0.3, -0.25) is 24.1 Å². The Hall–Kier alpha value is -3.19. The number of halogens is 1. The van der Waals surface area contributed by atoms with Gasteiger partial charge >= 0.3 is 0 Å². The maximum atomic E-state index is 13.2. The summed E-state index contributed by atoms with van der Waals surface area (Å²) in [7, 11) is 0. The van der Waals surface area contributed by atoms with Gasteiger partial charge in [0, 0.05) is 30.6 Å². The molecule has 1 heterocycles. The second-order valence-electron chi connectivity index (χ2n) is 8.55. The highest BCUT2D eigenvalue weighted by Crippen LogP contribution is 2.23. The van der Waals surface area contributed by atoms with Crippen molar-refractivity contribution in [2.75, 3.05) is 6.54 Å². The molecule has 0 spiro atoms. The van der Waals surface area contributed by atoms with E-state index in [2.05, 4.69) is 5.32 Å². The predicted octanol–water partition coefficient (Wildman–Crippen LogP) is 4.05. The normalized spacial score (nSPS) is 14.5. The van der Waals surface area contributed by atoms with Crippen molar-refractivity contribution in [1.29, 1.82) is 0 Å². The molecule has 1 aliphatic rings. The zero-order valence-electron chi connectivity index (χ0n) is 19.7. The molecule has 7 nitrogen and oxygen atoms in total. The van der Waals surface area contributed by atoms with Gasteiger partial charge in [-0.25, -0.2) is 0 Å². The van der Waals surface area contributed by atoms with Crippen LogP contribution in [0.1, 0.15) is 66.3 Å². The number of benzene rings is 2. The minimum absolute atomic E-state index is 0.00347. The molecular weight excluding hydrogens is 454 g/mol. The Morgan fingerprint density at radius 2 is 1.59 bits per heavy atom. The van der Waals surface area contributed by atoms with Gasteiger partial charge in [0.2, 0.25) is 11.8 Å². The molecule has 1 aliphatic heterocycles. The fourth-order valence-electron chi connectivity index (χ4n) is 3.81. The van der Waals surface area contributed by atoms with E-state index >= 15 is 0 Å². The Kier molecular flexibility index (Phi) is 8.45. The molecule has 1 N–H and O–H groups in total. The lowest BCUT2D eigenvalue weighted by molar-refractivity contribution is -0.141. The van der Waals surface area contributed by atoms with Gasteiger partial charge in [-0.15, -0.1) is 0 Å². The number of amides is 4. The summed E-state index contributed by atoms with van der Waals surface area (Å²) in [5.41, 5.74) is 1.62. The Balaban J connectivity index is 1.67. The summed E-state index contributed by atoms with van der Waals surface area (Å²) in [4.78, 5) is 53.8. The molecule has 2 aromatic carbocycles. The van der Waals surface area contributed by atoms with Crippen LogP contribution in [0.4, 0.5) is 0 Å². The standard InChI is InChI=1S/C26H30ClN3O4/c1-4-17(2)28-24(32)18(3)30(16-19-11-13-20(27)14-12-19)23(31)10-7-15-29-25(33)21-8-5-6-9-22(21)26(29)34/h5-6,8-9,11-14,17-18H,4,7,10,15-16H2,1-3H3,(H,28,32)/t17-,18-/m1/s1. The average Bonchev–Trinajstić information content (AvgIpc) is 3.08. The van der Waals surface area contributed by atoms with Gasteiger partial charge in [-0.1, -0.05) is 42.8 Å². The molecule has 4 amide bonds. The zero-order chi connectivity index (χ0) is 24.8. The van der Waals surface area contributed by atoms with Gasteiger partial charge in [0.25, 0.3) is 11.8 Å². The molecular formula is C26H30ClN3O4. The van der Waals surface area contributed by atoms with Gasteiger partial charge in [-0.05, 0) is 56.5 Å². The van der Waals surface area contributed by atoms with Gasteiger partial charge in [-0.2, -0.15) is 0 Å². The summed E-state index contributed by atoms with van der Waals surface area (Å²) in [6.07, 6.45) is 1.19. The highest BCUT2D eigenvalue weighted by molar-refractivity contribution is 6.30. The largest absolute Gasteiger partial charge is 0.352 e. The molecule has 3 rings (SSSR count). The average molecular weight is 484 g/mol. The van der Waals surface area contributed by atoms with Crippen molar-refractivity contribution in [3.8, 4) is 0 Å². The predicted molar refractivity (Wildman–Crippen MR) is 130 cm³/mol. The molecule has 0 saturated heterocycles. The van der Waals surface area contributed by atoms with E-state index in [0.29, 0.717) is 22.6 Å². The Labute approximate surface area is 205 Å². The SMILES string of the molecule is CC[C@@H](C)NC(=O)[C@@H](C)N(Cc1ccc(Cl)cc1)C(=O)CCCN1C(=O)c2ccccc2C1=O. The molecule has 0 unspecified atom stereocenters. The molecule has 2 aromatic rings. The van der Waals surface area contributed by atoms with Crippen LogP contribution in [-0.2, 0) is 16.1 Å². The number of rotatable bonds is 10. The molecule has 8 heteroatoms. The molecule has 180 valence electrons. The van der Waals surface area contributed by atoms with Gasteiger partial charge in [0.05, 0.1) is 11.1 Å². The summed E-state index contributed by atoms with van der Waals surface area (Å²) < 4.78 is 0. The molecule has 0 radical (unpaired) electrons. The number of nitrogens with zero attached hydrogens (tertiary/aromatic N) is 2. The molecule has 0 aliphatic carbocycles. The summed E-state index contributed by atoms with van der Waals surface area (Å²) >= 11 is 5.98. The Morgan fingerprint density at radius 1 is 1.00 bits per heavy atom.